The molecular formula is C33H67O3P. The summed E-state index contributed by atoms with van der Waals surface area (Å²) in [7, 11) is -2.32. The van der Waals surface area contributed by atoms with Crippen LogP contribution in [0.25, 0.3) is 0 Å². The van der Waals surface area contributed by atoms with Gasteiger partial charge in [-0.1, -0.05) is 168 Å². The first kappa shape index (κ1) is 35.3. The van der Waals surface area contributed by atoms with Crippen molar-refractivity contribution in [2.75, 3.05) is 0 Å². The molecule has 37 heavy (non-hydrogen) atoms. The van der Waals surface area contributed by atoms with Crippen molar-refractivity contribution in [3.05, 3.63) is 0 Å². The highest BCUT2D eigenvalue weighted by Gasteiger charge is 2.53. The van der Waals surface area contributed by atoms with E-state index in [1.165, 1.54) is 167 Å². The minimum atomic E-state index is -2.32. The summed E-state index contributed by atoms with van der Waals surface area (Å²) in [5.74, 6) is 0. The summed E-state index contributed by atoms with van der Waals surface area (Å²) >= 11 is 0. The Balaban J connectivity index is 2.84. The second-order valence-corrected chi connectivity index (χ2v) is 13.1. The summed E-state index contributed by atoms with van der Waals surface area (Å²) in [5.41, 5.74) is -0.194. The number of hydrogen-bond donors (Lipinski definition) is 2. The summed E-state index contributed by atoms with van der Waals surface area (Å²) in [4.78, 5) is 20.4. The van der Waals surface area contributed by atoms with Crippen molar-refractivity contribution >= 4 is 8.60 Å². The number of unbranched alkanes of at least 4 members (excludes halogenated alkanes) is 18. The fourth-order valence-corrected chi connectivity index (χ4v) is 7.83. The van der Waals surface area contributed by atoms with E-state index in [9.17, 15) is 9.79 Å². The van der Waals surface area contributed by atoms with E-state index >= 15 is 0 Å². The summed E-state index contributed by atoms with van der Waals surface area (Å²) in [6.07, 6.45) is 36.0. The van der Waals surface area contributed by atoms with Crippen LogP contribution in [-0.4, -0.2) is 15.4 Å². The van der Waals surface area contributed by atoms with Crippen molar-refractivity contribution in [3.63, 3.8) is 0 Å². The summed E-state index contributed by atoms with van der Waals surface area (Å²) < 4.78 is 6.34. The van der Waals surface area contributed by atoms with E-state index in [0.717, 1.165) is 12.8 Å². The third-order valence-corrected chi connectivity index (χ3v) is 9.92. The Morgan fingerprint density at radius 1 is 0.486 bits per heavy atom. The fourth-order valence-electron chi connectivity index (χ4n) is 7.14. The van der Waals surface area contributed by atoms with Gasteiger partial charge in [-0.25, -0.2) is 0 Å². The standard InChI is InChI=1S/C33H67O3P/c1-4-7-10-13-16-19-22-27-32(28-23-20-17-14-11-8-5-2)29-25-26-31-33(32,36-37(34)35)30-24-21-18-15-12-9-6-3/h34-35H,4-31H2,1-3H3. The molecule has 1 rings (SSSR count). The molecule has 4 heteroatoms. The molecule has 0 spiro atoms. The molecule has 0 saturated heterocycles. The largest absolute Gasteiger partial charge is 0.328 e. The lowest BCUT2D eigenvalue weighted by molar-refractivity contribution is -0.117. The normalized spacial score (nSPS) is 19.6. The van der Waals surface area contributed by atoms with Crippen LogP contribution in [0, 0.1) is 5.41 Å². The van der Waals surface area contributed by atoms with Gasteiger partial charge in [0, 0.05) is 0 Å². The van der Waals surface area contributed by atoms with Gasteiger partial charge < -0.3 is 14.3 Å². The molecule has 0 amide bonds. The first-order valence-electron chi connectivity index (χ1n) is 16.9. The fraction of sp³-hybridized carbons (Fsp3) is 1.00. The van der Waals surface area contributed by atoms with Crippen LogP contribution in [0.1, 0.15) is 201 Å². The number of rotatable bonds is 26. The Kier molecular flexibility index (Phi) is 22.0. The predicted octanol–water partition coefficient (Wildman–Crippen LogP) is 11.9. The second-order valence-electron chi connectivity index (χ2n) is 12.4. The van der Waals surface area contributed by atoms with Crippen molar-refractivity contribution in [2.24, 2.45) is 5.41 Å². The third-order valence-electron chi connectivity index (χ3n) is 9.41. The lowest BCUT2D eigenvalue weighted by Crippen LogP contribution is -2.52. The van der Waals surface area contributed by atoms with Gasteiger partial charge >= 0.3 is 8.60 Å². The van der Waals surface area contributed by atoms with Crippen molar-refractivity contribution in [2.45, 2.75) is 206 Å². The van der Waals surface area contributed by atoms with Gasteiger partial charge in [0.05, 0.1) is 5.60 Å². The van der Waals surface area contributed by atoms with E-state index in [4.69, 9.17) is 4.52 Å². The molecule has 3 nitrogen and oxygen atoms in total. The monoisotopic (exact) mass is 542 g/mol. The summed E-state index contributed by atoms with van der Waals surface area (Å²) in [6.45, 7) is 6.86. The number of hydrogen-bond acceptors (Lipinski definition) is 3. The van der Waals surface area contributed by atoms with E-state index in [2.05, 4.69) is 20.8 Å². The van der Waals surface area contributed by atoms with Crippen LogP contribution >= 0.6 is 8.60 Å². The van der Waals surface area contributed by atoms with Crippen LogP contribution in [0.15, 0.2) is 0 Å². The molecule has 1 unspecified atom stereocenters. The quantitative estimate of drug-likeness (QED) is 0.0844. The van der Waals surface area contributed by atoms with E-state index in [0.29, 0.717) is 0 Å². The third kappa shape index (κ3) is 15.0. The van der Waals surface area contributed by atoms with Gasteiger partial charge in [0.25, 0.3) is 0 Å². The van der Waals surface area contributed by atoms with Gasteiger partial charge in [0.15, 0.2) is 0 Å². The molecule has 0 bridgehead atoms. The smallest absolute Gasteiger partial charge is 0.327 e. The SMILES string of the molecule is CCCCCCCCCC1(CCCCCCCCC)CCCCC1(CCCCCCCCC)OP(O)O. The maximum atomic E-state index is 10.2. The molecule has 0 heterocycles. The van der Waals surface area contributed by atoms with Crippen molar-refractivity contribution in [1.82, 2.24) is 0 Å². The molecule has 0 aromatic heterocycles. The van der Waals surface area contributed by atoms with Gasteiger partial charge in [-0.15, -0.1) is 0 Å². The Hall–Kier alpha value is 0.310. The molecule has 0 aromatic carbocycles. The Morgan fingerprint density at radius 2 is 0.838 bits per heavy atom. The van der Waals surface area contributed by atoms with Crippen LogP contribution in [0.4, 0.5) is 0 Å². The molecular weight excluding hydrogens is 475 g/mol. The molecule has 1 aliphatic rings. The molecule has 2 N–H and O–H groups in total. The minimum absolute atomic E-state index is 0.131. The predicted molar refractivity (Wildman–Crippen MR) is 164 cm³/mol. The highest BCUT2D eigenvalue weighted by atomic mass is 31.2. The van der Waals surface area contributed by atoms with Gasteiger partial charge in [0.1, 0.15) is 0 Å². The van der Waals surface area contributed by atoms with Crippen LogP contribution in [-0.2, 0) is 4.52 Å². The Labute approximate surface area is 234 Å². The van der Waals surface area contributed by atoms with E-state index in [1.54, 1.807) is 0 Å². The van der Waals surface area contributed by atoms with Crippen LogP contribution in [0.2, 0.25) is 0 Å². The van der Waals surface area contributed by atoms with Gasteiger partial charge in [-0.05, 0) is 37.5 Å². The zero-order valence-corrected chi connectivity index (χ0v) is 26.4. The van der Waals surface area contributed by atoms with Gasteiger partial charge in [0.2, 0.25) is 0 Å². The molecule has 1 saturated carbocycles. The van der Waals surface area contributed by atoms with Crippen LogP contribution in [0.3, 0.4) is 0 Å². The second kappa shape index (κ2) is 23.1. The first-order valence-corrected chi connectivity index (χ1v) is 18.1. The molecule has 1 fully saturated rings. The summed E-state index contributed by atoms with van der Waals surface area (Å²) in [6, 6.07) is 0. The average Bonchev–Trinajstić information content (AvgIpc) is 2.88. The first-order chi connectivity index (χ1) is 18.1. The lowest BCUT2D eigenvalue weighted by atomic mass is 9.57. The lowest BCUT2D eigenvalue weighted by Gasteiger charge is -2.54. The van der Waals surface area contributed by atoms with E-state index in [-0.39, 0.29) is 11.0 Å². The Morgan fingerprint density at radius 3 is 1.24 bits per heavy atom. The van der Waals surface area contributed by atoms with Crippen LogP contribution < -0.4 is 0 Å². The molecule has 1 aliphatic carbocycles. The summed E-state index contributed by atoms with van der Waals surface area (Å²) in [5, 5.41) is 0. The maximum Gasteiger partial charge on any atom is 0.327 e. The van der Waals surface area contributed by atoms with E-state index in [1.807, 2.05) is 0 Å². The molecule has 0 radical (unpaired) electrons. The topological polar surface area (TPSA) is 49.7 Å². The van der Waals surface area contributed by atoms with Crippen molar-refractivity contribution < 1.29 is 14.3 Å². The van der Waals surface area contributed by atoms with Gasteiger partial charge in [-0.3, -0.25) is 0 Å². The molecule has 0 aromatic rings. The average molecular weight is 543 g/mol. The van der Waals surface area contributed by atoms with E-state index < -0.39 is 8.60 Å². The molecule has 0 aliphatic heterocycles. The van der Waals surface area contributed by atoms with Crippen molar-refractivity contribution in [3.8, 4) is 0 Å². The van der Waals surface area contributed by atoms with Gasteiger partial charge in [-0.2, -0.15) is 0 Å². The molecule has 1 atom stereocenters. The zero-order valence-electron chi connectivity index (χ0n) is 25.5. The highest BCUT2D eigenvalue weighted by molar-refractivity contribution is 7.39. The maximum absolute atomic E-state index is 10.2. The molecule has 222 valence electrons. The Bertz CT molecular complexity index is 480. The van der Waals surface area contributed by atoms with Crippen molar-refractivity contribution in [1.29, 1.82) is 0 Å². The van der Waals surface area contributed by atoms with Crippen LogP contribution in [0.5, 0.6) is 0 Å². The minimum Gasteiger partial charge on any atom is -0.328 e. The zero-order chi connectivity index (χ0) is 27.1. The highest BCUT2D eigenvalue weighted by Crippen LogP contribution is 2.58.